The van der Waals surface area contributed by atoms with Crippen molar-refractivity contribution in [1.82, 2.24) is 4.98 Å². The van der Waals surface area contributed by atoms with Gasteiger partial charge in [-0.25, -0.2) is 0 Å². The molecule has 0 amide bonds. The monoisotopic (exact) mass is 262 g/mol. The van der Waals surface area contributed by atoms with Crippen LogP contribution in [0.5, 0.6) is 0 Å². The molecule has 0 aliphatic carbocycles. The molecule has 0 radical (unpaired) electrons. The molecule has 0 saturated carbocycles. The average Bonchev–Trinajstić information content (AvgIpc) is 2.17. The van der Waals surface area contributed by atoms with Crippen molar-refractivity contribution < 1.29 is 0 Å². The fourth-order valence-corrected chi connectivity index (χ4v) is 2.55. The number of nitrogens with zero attached hydrogens (tertiary/aromatic N) is 1. The Morgan fingerprint density at radius 2 is 1.89 bits per heavy atom. The van der Waals surface area contributed by atoms with Crippen LogP contribution in [0.3, 0.4) is 0 Å². The summed E-state index contributed by atoms with van der Waals surface area (Å²) in [6.07, 6.45) is 0.764. The maximum atomic E-state index is 6.20. The Labute approximate surface area is 113 Å². The van der Waals surface area contributed by atoms with Crippen molar-refractivity contribution in [1.29, 1.82) is 0 Å². The second-order valence-electron chi connectivity index (χ2n) is 5.71. The number of halogens is 1. The highest BCUT2D eigenvalue weighted by Crippen LogP contribution is 2.27. The summed E-state index contributed by atoms with van der Waals surface area (Å²) < 4.78 is 0. The summed E-state index contributed by atoms with van der Waals surface area (Å²) in [5, 5.41) is 1.86. The lowest BCUT2D eigenvalue weighted by Crippen LogP contribution is -2.34. The molecule has 1 aromatic carbocycles. The Hall–Kier alpha value is -1.12. The predicted molar refractivity (Wildman–Crippen MR) is 78.2 cm³/mol. The van der Waals surface area contributed by atoms with E-state index in [1.165, 1.54) is 5.56 Å². The van der Waals surface area contributed by atoms with Crippen molar-refractivity contribution in [2.45, 2.75) is 39.7 Å². The Morgan fingerprint density at radius 3 is 2.50 bits per heavy atom. The van der Waals surface area contributed by atoms with Gasteiger partial charge < -0.3 is 5.73 Å². The second-order valence-corrected chi connectivity index (χ2v) is 6.14. The molecule has 0 aliphatic rings. The predicted octanol–water partition coefficient (Wildman–Crippen LogP) is 3.78. The van der Waals surface area contributed by atoms with E-state index in [1.807, 2.05) is 32.9 Å². The van der Waals surface area contributed by atoms with Gasteiger partial charge in [0, 0.05) is 21.6 Å². The van der Waals surface area contributed by atoms with Crippen molar-refractivity contribution >= 4 is 22.5 Å². The molecule has 2 rings (SSSR count). The summed E-state index contributed by atoms with van der Waals surface area (Å²) in [6, 6.07) is 6.03. The quantitative estimate of drug-likeness (QED) is 0.894. The van der Waals surface area contributed by atoms with Gasteiger partial charge in [-0.2, -0.15) is 0 Å². The molecular weight excluding hydrogens is 244 g/mol. The van der Waals surface area contributed by atoms with E-state index in [4.69, 9.17) is 17.3 Å². The van der Waals surface area contributed by atoms with Gasteiger partial charge in [-0.05, 0) is 63.4 Å². The summed E-state index contributed by atoms with van der Waals surface area (Å²) >= 11 is 6.20. The van der Waals surface area contributed by atoms with E-state index < -0.39 is 0 Å². The van der Waals surface area contributed by atoms with E-state index in [1.54, 1.807) is 0 Å². The average molecular weight is 263 g/mol. The Bertz CT molecular complexity index is 597. The molecule has 3 heteroatoms. The van der Waals surface area contributed by atoms with Gasteiger partial charge in [0.25, 0.3) is 0 Å². The number of hydrogen-bond acceptors (Lipinski definition) is 2. The molecule has 18 heavy (non-hydrogen) atoms. The molecule has 1 heterocycles. The first kappa shape index (κ1) is 13.3. The number of fused-ring (bicyclic) bond motifs is 1. The highest BCUT2D eigenvalue weighted by Gasteiger charge is 2.16. The summed E-state index contributed by atoms with van der Waals surface area (Å²) in [4.78, 5) is 4.65. The van der Waals surface area contributed by atoms with Crippen molar-refractivity contribution in [3.8, 4) is 0 Å². The molecular formula is C15H19ClN2. The standard InChI is InChI=1S/C15H19ClN2/c1-9-5-10(2)18-14-11(8-15(3,4)17)6-12(16)7-13(9)14/h5-7H,8,17H2,1-4H3. The third-order valence-electron chi connectivity index (χ3n) is 2.94. The number of hydrogen-bond donors (Lipinski definition) is 1. The molecule has 0 saturated heterocycles. The first-order chi connectivity index (χ1) is 8.26. The minimum Gasteiger partial charge on any atom is -0.325 e. The summed E-state index contributed by atoms with van der Waals surface area (Å²) in [6.45, 7) is 8.13. The normalized spacial score (nSPS) is 12.1. The Morgan fingerprint density at radius 1 is 1.22 bits per heavy atom. The fraction of sp³-hybridized carbons (Fsp3) is 0.400. The van der Waals surface area contributed by atoms with Crippen LogP contribution in [0.4, 0.5) is 0 Å². The van der Waals surface area contributed by atoms with Gasteiger partial charge in [0.15, 0.2) is 0 Å². The number of rotatable bonds is 2. The largest absolute Gasteiger partial charge is 0.325 e. The van der Waals surface area contributed by atoms with Crippen molar-refractivity contribution in [2.24, 2.45) is 5.73 Å². The molecule has 96 valence electrons. The van der Waals surface area contributed by atoms with Crippen LogP contribution in [-0.2, 0) is 6.42 Å². The van der Waals surface area contributed by atoms with Crippen LogP contribution in [0.25, 0.3) is 10.9 Å². The number of aromatic nitrogens is 1. The summed E-state index contributed by atoms with van der Waals surface area (Å²) in [5.41, 5.74) is 10.2. The lowest BCUT2D eigenvalue weighted by molar-refractivity contribution is 0.518. The maximum Gasteiger partial charge on any atom is 0.0741 e. The van der Waals surface area contributed by atoms with Crippen molar-refractivity contribution in [2.75, 3.05) is 0 Å². The maximum absolute atomic E-state index is 6.20. The highest BCUT2D eigenvalue weighted by atomic mass is 35.5. The third kappa shape index (κ3) is 2.82. The lowest BCUT2D eigenvalue weighted by atomic mass is 9.93. The molecule has 0 unspecified atom stereocenters. The van der Waals surface area contributed by atoms with E-state index in [0.717, 1.165) is 33.6 Å². The van der Waals surface area contributed by atoms with Crippen LogP contribution < -0.4 is 5.73 Å². The van der Waals surface area contributed by atoms with Crippen LogP contribution >= 0.6 is 11.6 Å². The third-order valence-corrected chi connectivity index (χ3v) is 3.16. The summed E-state index contributed by atoms with van der Waals surface area (Å²) in [7, 11) is 0. The van der Waals surface area contributed by atoms with E-state index in [-0.39, 0.29) is 5.54 Å². The first-order valence-electron chi connectivity index (χ1n) is 6.11. The van der Waals surface area contributed by atoms with Crippen LogP contribution in [0.2, 0.25) is 5.02 Å². The van der Waals surface area contributed by atoms with Gasteiger partial charge in [-0.15, -0.1) is 0 Å². The van der Waals surface area contributed by atoms with E-state index >= 15 is 0 Å². The van der Waals surface area contributed by atoms with E-state index in [9.17, 15) is 0 Å². The molecule has 2 N–H and O–H groups in total. The molecule has 1 aromatic heterocycles. The van der Waals surface area contributed by atoms with Crippen LogP contribution in [0.1, 0.15) is 30.7 Å². The van der Waals surface area contributed by atoms with Gasteiger partial charge in [0.2, 0.25) is 0 Å². The molecule has 2 aromatic rings. The topological polar surface area (TPSA) is 38.9 Å². The van der Waals surface area contributed by atoms with E-state index in [2.05, 4.69) is 18.0 Å². The minimum atomic E-state index is -0.267. The molecule has 0 spiro atoms. The number of aryl methyl sites for hydroxylation is 2. The Kier molecular flexibility index (Phi) is 3.35. The van der Waals surface area contributed by atoms with Crippen LogP contribution in [0, 0.1) is 13.8 Å². The van der Waals surface area contributed by atoms with E-state index in [0.29, 0.717) is 0 Å². The number of nitrogens with two attached hydrogens (primary N) is 1. The molecule has 0 bridgehead atoms. The second kappa shape index (κ2) is 4.52. The van der Waals surface area contributed by atoms with Crippen molar-refractivity contribution in [3.63, 3.8) is 0 Å². The molecule has 0 atom stereocenters. The summed E-state index contributed by atoms with van der Waals surface area (Å²) in [5.74, 6) is 0. The van der Waals surface area contributed by atoms with Gasteiger partial charge >= 0.3 is 0 Å². The molecule has 2 nitrogen and oxygen atoms in total. The smallest absolute Gasteiger partial charge is 0.0741 e. The Balaban J connectivity index is 2.72. The van der Waals surface area contributed by atoms with Gasteiger partial charge in [-0.1, -0.05) is 11.6 Å². The number of benzene rings is 1. The van der Waals surface area contributed by atoms with Gasteiger partial charge in [0.1, 0.15) is 0 Å². The SMILES string of the molecule is Cc1cc(C)c2cc(Cl)cc(CC(C)(C)N)c2n1. The van der Waals surface area contributed by atoms with Gasteiger partial charge in [0.05, 0.1) is 5.52 Å². The number of pyridine rings is 1. The minimum absolute atomic E-state index is 0.267. The fourth-order valence-electron chi connectivity index (χ4n) is 2.31. The zero-order chi connectivity index (χ0) is 13.5. The highest BCUT2D eigenvalue weighted by molar-refractivity contribution is 6.31. The zero-order valence-electron chi connectivity index (χ0n) is 11.3. The zero-order valence-corrected chi connectivity index (χ0v) is 12.1. The van der Waals surface area contributed by atoms with Crippen molar-refractivity contribution in [3.05, 3.63) is 40.0 Å². The first-order valence-corrected chi connectivity index (χ1v) is 6.49. The van der Waals surface area contributed by atoms with Crippen LogP contribution in [0.15, 0.2) is 18.2 Å². The van der Waals surface area contributed by atoms with Crippen LogP contribution in [-0.4, -0.2) is 10.5 Å². The molecule has 0 aliphatic heterocycles. The van der Waals surface area contributed by atoms with Gasteiger partial charge in [-0.3, -0.25) is 4.98 Å². The lowest BCUT2D eigenvalue weighted by Gasteiger charge is -2.20. The molecule has 0 fully saturated rings.